The van der Waals surface area contributed by atoms with Gasteiger partial charge in [0.1, 0.15) is 12.2 Å². The van der Waals surface area contributed by atoms with E-state index in [1.165, 1.54) is 5.38 Å². The molecule has 0 aromatic carbocycles. The number of nitrogens with zero attached hydrogens (tertiary/aromatic N) is 4. The van der Waals surface area contributed by atoms with E-state index < -0.39 is 5.97 Å². The van der Waals surface area contributed by atoms with E-state index in [9.17, 15) is 9.59 Å². The zero-order valence-corrected chi connectivity index (χ0v) is 10.8. The van der Waals surface area contributed by atoms with Crippen molar-refractivity contribution in [2.75, 3.05) is 6.54 Å². The predicted molar refractivity (Wildman–Crippen MR) is 66.1 cm³/mol. The molecule has 8 nitrogen and oxygen atoms in total. The average molecular weight is 281 g/mol. The van der Waals surface area contributed by atoms with Gasteiger partial charge in [-0.25, -0.2) is 9.78 Å². The monoisotopic (exact) mass is 281 g/mol. The quantitative estimate of drug-likeness (QED) is 0.794. The van der Waals surface area contributed by atoms with Crippen LogP contribution in [0, 0.1) is 0 Å². The SMILES string of the molecule is Cn1cnnc1CCNC(=O)c1nc(C(=O)O)cs1. The Labute approximate surface area is 112 Å². The Morgan fingerprint density at radius 2 is 2.32 bits per heavy atom. The van der Waals surface area contributed by atoms with Crippen molar-refractivity contribution in [1.29, 1.82) is 0 Å². The molecule has 2 N–H and O–H groups in total. The van der Waals surface area contributed by atoms with E-state index >= 15 is 0 Å². The number of carbonyl (C=O) groups is 2. The van der Waals surface area contributed by atoms with Gasteiger partial charge in [-0.05, 0) is 0 Å². The Balaban J connectivity index is 1.87. The number of nitrogens with one attached hydrogen (secondary N) is 1. The molecule has 0 aliphatic carbocycles. The topological polar surface area (TPSA) is 110 Å². The number of aryl methyl sites for hydroxylation is 1. The van der Waals surface area contributed by atoms with Gasteiger partial charge < -0.3 is 15.0 Å². The summed E-state index contributed by atoms with van der Waals surface area (Å²) in [5.41, 5.74) is -0.122. The molecule has 0 atom stereocenters. The molecule has 0 radical (unpaired) electrons. The second-order valence-electron chi connectivity index (χ2n) is 3.71. The van der Waals surface area contributed by atoms with Crippen LogP contribution in [0.5, 0.6) is 0 Å². The van der Waals surface area contributed by atoms with Crippen LogP contribution in [-0.2, 0) is 13.5 Å². The van der Waals surface area contributed by atoms with Crippen molar-refractivity contribution in [2.45, 2.75) is 6.42 Å². The number of thiazole rings is 1. The first-order valence-corrected chi connectivity index (χ1v) is 6.26. The largest absolute Gasteiger partial charge is 0.476 e. The molecule has 0 aliphatic rings. The summed E-state index contributed by atoms with van der Waals surface area (Å²) in [7, 11) is 1.82. The lowest BCUT2D eigenvalue weighted by atomic mass is 10.4. The summed E-state index contributed by atoms with van der Waals surface area (Å²) in [4.78, 5) is 26.0. The number of carbonyl (C=O) groups excluding carboxylic acids is 1. The van der Waals surface area contributed by atoms with Gasteiger partial charge in [0.2, 0.25) is 0 Å². The van der Waals surface area contributed by atoms with Crippen molar-refractivity contribution in [3.8, 4) is 0 Å². The van der Waals surface area contributed by atoms with Gasteiger partial charge in [0.25, 0.3) is 5.91 Å². The molecule has 0 spiro atoms. The summed E-state index contributed by atoms with van der Waals surface area (Å²) in [5.74, 6) is -0.778. The highest BCUT2D eigenvalue weighted by molar-refractivity contribution is 7.11. The van der Waals surface area contributed by atoms with Crippen LogP contribution in [0.3, 0.4) is 0 Å². The van der Waals surface area contributed by atoms with E-state index in [0.717, 1.165) is 17.2 Å². The van der Waals surface area contributed by atoms with Crippen molar-refractivity contribution >= 4 is 23.2 Å². The molecule has 2 aromatic heterocycles. The summed E-state index contributed by atoms with van der Waals surface area (Å²) in [6.07, 6.45) is 2.12. The number of amides is 1. The molecule has 0 unspecified atom stereocenters. The van der Waals surface area contributed by atoms with Crippen molar-refractivity contribution in [3.05, 3.63) is 28.2 Å². The molecule has 100 valence electrons. The van der Waals surface area contributed by atoms with Crippen LogP contribution in [0.15, 0.2) is 11.7 Å². The molecular formula is C10H11N5O3S. The predicted octanol–water partition coefficient (Wildman–Crippen LogP) is -0.0577. The number of hydrogen-bond acceptors (Lipinski definition) is 6. The highest BCUT2D eigenvalue weighted by atomic mass is 32.1. The maximum atomic E-state index is 11.7. The van der Waals surface area contributed by atoms with Gasteiger partial charge in [0.05, 0.1) is 0 Å². The molecule has 19 heavy (non-hydrogen) atoms. The summed E-state index contributed by atoms with van der Waals surface area (Å²) < 4.78 is 1.76. The van der Waals surface area contributed by atoms with Crippen LogP contribution in [0.25, 0.3) is 0 Å². The van der Waals surface area contributed by atoms with Crippen molar-refractivity contribution < 1.29 is 14.7 Å². The number of rotatable bonds is 5. The van der Waals surface area contributed by atoms with Gasteiger partial charge in [-0.3, -0.25) is 4.79 Å². The third-order valence-electron chi connectivity index (χ3n) is 2.36. The summed E-state index contributed by atoms with van der Waals surface area (Å²) in [6, 6.07) is 0. The molecule has 0 saturated heterocycles. The first-order chi connectivity index (χ1) is 9.08. The zero-order valence-electron chi connectivity index (χ0n) is 10.0. The van der Waals surface area contributed by atoms with Crippen LogP contribution in [0.2, 0.25) is 0 Å². The minimum Gasteiger partial charge on any atom is -0.476 e. The van der Waals surface area contributed by atoms with E-state index in [1.54, 1.807) is 10.9 Å². The van der Waals surface area contributed by atoms with E-state index in [-0.39, 0.29) is 16.6 Å². The summed E-state index contributed by atoms with van der Waals surface area (Å²) in [5, 5.41) is 20.4. The molecule has 9 heteroatoms. The van der Waals surface area contributed by atoms with E-state index in [2.05, 4.69) is 20.5 Å². The number of carboxylic acids is 1. The first-order valence-electron chi connectivity index (χ1n) is 5.38. The fourth-order valence-electron chi connectivity index (χ4n) is 1.37. The van der Waals surface area contributed by atoms with Gasteiger partial charge in [0, 0.05) is 25.4 Å². The molecule has 2 aromatic rings. The van der Waals surface area contributed by atoms with Crippen molar-refractivity contribution in [1.82, 2.24) is 25.1 Å². The maximum absolute atomic E-state index is 11.7. The molecule has 0 bridgehead atoms. The Kier molecular flexibility index (Phi) is 3.85. The summed E-state index contributed by atoms with van der Waals surface area (Å²) in [6.45, 7) is 0.382. The Bertz CT molecular complexity index is 606. The number of hydrogen-bond donors (Lipinski definition) is 2. The lowest BCUT2D eigenvalue weighted by Gasteiger charge is -2.02. The minimum absolute atomic E-state index is 0.122. The first kappa shape index (κ1) is 13.1. The number of aromatic nitrogens is 4. The van der Waals surface area contributed by atoms with E-state index in [4.69, 9.17) is 5.11 Å². The fourth-order valence-corrected chi connectivity index (χ4v) is 2.08. The number of carboxylic acid groups (broad SMARTS) is 1. The zero-order chi connectivity index (χ0) is 13.8. The molecule has 0 aliphatic heterocycles. The Morgan fingerprint density at radius 3 is 2.89 bits per heavy atom. The van der Waals surface area contributed by atoms with Gasteiger partial charge in [-0.1, -0.05) is 0 Å². The Morgan fingerprint density at radius 1 is 1.53 bits per heavy atom. The van der Waals surface area contributed by atoms with Crippen molar-refractivity contribution in [3.63, 3.8) is 0 Å². The third-order valence-corrected chi connectivity index (χ3v) is 3.20. The average Bonchev–Trinajstić information content (AvgIpc) is 2.98. The summed E-state index contributed by atoms with van der Waals surface area (Å²) >= 11 is 1.000. The van der Waals surface area contributed by atoms with Gasteiger partial charge in [-0.2, -0.15) is 0 Å². The van der Waals surface area contributed by atoms with Crippen LogP contribution in [-0.4, -0.2) is 43.3 Å². The van der Waals surface area contributed by atoms with E-state index in [1.807, 2.05) is 7.05 Å². The molecular weight excluding hydrogens is 270 g/mol. The van der Waals surface area contributed by atoms with Crippen LogP contribution in [0.1, 0.15) is 26.1 Å². The van der Waals surface area contributed by atoms with Crippen LogP contribution in [0.4, 0.5) is 0 Å². The van der Waals surface area contributed by atoms with Crippen LogP contribution < -0.4 is 5.32 Å². The standard InChI is InChI=1S/C10H11N5O3S/c1-15-5-12-14-7(15)2-3-11-8(16)9-13-6(4-19-9)10(17)18/h4-5H,2-3H2,1H3,(H,11,16)(H,17,18). The molecule has 1 amide bonds. The van der Waals surface area contributed by atoms with Crippen molar-refractivity contribution in [2.24, 2.45) is 7.05 Å². The van der Waals surface area contributed by atoms with E-state index in [0.29, 0.717) is 13.0 Å². The minimum atomic E-state index is -1.14. The number of aromatic carboxylic acids is 1. The molecule has 0 saturated carbocycles. The Hall–Kier alpha value is -2.29. The second kappa shape index (κ2) is 5.57. The maximum Gasteiger partial charge on any atom is 0.355 e. The fraction of sp³-hybridized carbons (Fsp3) is 0.300. The lowest BCUT2D eigenvalue weighted by molar-refractivity contribution is 0.0691. The highest BCUT2D eigenvalue weighted by Gasteiger charge is 2.14. The smallest absolute Gasteiger partial charge is 0.355 e. The van der Waals surface area contributed by atoms with Gasteiger partial charge in [-0.15, -0.1) is 21.5 Å². The molecule has 2 rings (SSSR count). The highest BCUT2D eigenvalue weighted by Crippen LogP contribution is 2.09. The third kappa shape index (κ3) is 3.13. The lowest BCUT2D eigenvalue weighted by Crippen LogP contribution is -2.26. The molecule has 2 heterocycles. The second-order valence-corrected chi connectivity index (χ2v) is 4.57. The van der Waals surface area contributed by atoms with Gasteiger partial charge >= 0.3 is 5.97 Å². The van der Waals surface area contributed by atoms with Crippen LogP contribution >= 0.6 is 11.3 Å². The van der Waals surface area contributed by atoms with Gasteiger partial charge in [0.15, 0.2) is 10.7 Å². The molecule has 0 fully saturated rings. The normalized spacial score (nSPS) is 10.4.